The maximum Gasteiger partial charge on any atom is 0.143 e. The molecule has 0 unspecified atom stereocenters. The second kappa shape index (κ2) is 3.48. The molecule has 0 aliphatic heterocycles. The maximum atomic E-state index is 5.87. The minimum atomic E-state index is 0.475. The first-order chi connectivity index (χ1) is 8.25. The number of nitrogens with one attached hydrogen (secondary N) is 1. The van der Waals surface area contributed by atoms with Crippen molar-refractivity contribution in [2.75, 3.05) is 11.5 Å². The van der Waals surface area contributed by atoms with Gasteiger partial charge in [-0.15, -0.1) is 0 Å². The minimum absolute atomic E-state index is 0.475. The van der Waals surface area contributed by atoms with Crippen LogP contribution in [0.25, 0.3) is 22.2 Å². The van der Waals surface area contributed by atoms with Crippen LogP contribution in [0.1, 0.15) is 0 Å². The molecule has 0 aliphatic carbocycles. The van der Waals surface area contributed by atoms with Crippen molar-refractivity contribution >= 4 is 22.5 Å². The van der Waals surface area contributed by atoms with Gasteiger partial charge in [-0.3, -0.25) is 0 Å². The molecule has 0 aliphatic rings. The first kappa shape index (κ1) is 9.65. The number of aromatic amines is 1. The fraction of sp³-hybridized carbons (Fsp3) is 0. The normalized spacial score (nSPS) is 10.8. The van der Waals surface area contributed by atoms with Gasteiger partial charge in [0.05, 0.1) is 5.39 Å². The number of rotatable bonds is 1. The minimum Gasteiger partial charge on any atom is -0.399 e. The monoisotopic (exact) mass is 225 g/mol. The second-order valence-electron chi connectivity index (χ2n) is 3.81. The van der Waals surface area contributed by atoms with E-state index in [0.29, 0.717) is 5.82 Å². The van der Waals surface area contributed by atoms with E-state index in [9.17, 15) is 0 Å². The van der Waals surface area contributed by atoms with Crippen molar-refractivity contribution in [1.82, 2.24) is 15.0 Å². The Balaban J connectivity index is 2.27. The molecule has 17 heavy (non-hydrogen) atoms. The molecule has 5 N–H and O–H groups in total. The zero-order valence-electron chi connectivity index (χ0n) is 9.01. The lowest BCUT2D eigenvalue weighted by Crippen LogP contribution is -1.92. The summed E-state index contributed by atoms with van der Waals surface area (Å²) >= 11 is 0. The molecule has 0 radical (unpaired) electrons. The van der Waals surface area contributed by atoms with E-state index in [4.69, 9.17) is 11.5 Å². The fourth-order valence-corrected chi connectivity index (χ4v) is 1.88. The molecular formula is C12H11N5. The number of nitrogens with two attached hydrogens (primary N) is 2. The highest BCUT2D eigenvalue weighted by molar-refractivity contribution is 6.00. The average Bonchev–Trinajstić information content (AvgIpc) is 2.75. The topological polar surface area (TPSA) is 93.6 Å². The van der Waals surface area contributed by atoms with Crippen molar-refractivity contribution in [3.63, 3.8) is 0 Å². The van der Waals surface area contributed by atoms with Gasteiger partial charge in [-0.25, -0.2) is 9.97 Å². The van der Waals surface area contributed by atoms with E-state index in [-0.39, 0.29) is 0 Å². The summed E-state index contributed by atoms with van der Waals surface area (Å²) in [5.74, 6) is 0.475. The Kier molecular flexibility index (Phi) is 1.98. The van der Waals surface area contributed by atoms with Gasteiger partial charge in [-0.1, -0.05) is 12.1 Å². The van der Waals surface area contributed by atoms with Crippen molar-refractivity contribution < 1.29 is 0 Å². The van der Waals surface area contributed by atoms with Gasteiger partial charge in [-0.05, 0) is 17.7 Å². The van der Waals surface area contributed by atoms with Gasteiger partial charge in [0.2, 0.25) is 0 Å². The zero-order valence-corrected chi connectivity index (χ0v) is 9.01. The standard InChI is InChI=1S/C12H11N5/c13-8-3-1-7(2-4-8)9-5-15-12-10(9)11(14)16-6-17-12/h1-6H,13H2,(H3,14,15,16,17). The predicted molar refractivity (Wildman–Crippen MR) is 68.1 cm³/mol. The molecule has 0 saturated heterocycles. The summed E-state index contributed by atoms with van der Waals surface area (Å²) in [5, 5.41) is 0.845. The third kappa shape index (κ3) is 1.48. The van der Waals surface area contributed by atoms with E-state index in [2.05, 4.69) is 15.0 Å². The summed E-state index contributed by atoms with van der Waals surface area (Å²) < 4.78 is 0. The van der Waals surface area contributed by atoms with E-state index < -0.39 is 0 Å². The third-order valence-electron chi connectivity index (χ3n) is 2.72. The Bertz CT molecular complexity index is 669. The van der Waals surface area contributed by atoms with Crippen LogP contribution in [0.15, 0.2) is 36.8 Å². The second-order valence-corrected chi connectivity index (χ2v) is 3.81. The fourth-order valence-electron chi connectivity index (χ4n) is 1.88. The number of aromatic nitrogens is 3. The van der Waals surface area contributed by atoms with Gasteiger partial charge in [0, 0.05) is 17.4 Å². The van der Waals surface area contributed by atoms with Crippen LogP contribution in [0.4, 0.5) is 11.5 Å². The zero-order chi connectivity index (χ0) is 11.8. The number of H-pyrrole nitrogens is 1. The number of anilines is 2. The Hall–Kier alpha value is -2.56. The summed E-state index contributed by atoms with van der Waals surface area (Å²) in [6, 6.07) is 7.61. The van der Waals surface area contributed by atoms with Crippen molar-refractivity contribution in [2.45, 2.75) is 0 Å². The molecule has 0 saturated carbocycles. The van der Waals surface area contributed by atoms with Crippen LogP contribution in [0.2, 0.25) is 0 Å². The van der Waals surface area contributed by atoms with Crippen LogP contribution in [0.5, 0.6) is 0 Å². The van der Waals surface area contributed by atoms with Gasteiger partial charge < -0.3 is 16.5 Å². The highest BCUT2D eigenvalue weighted by Crippen LogP contribution is 2.30. The maximum absolute atomic E-state index is 5.87. The Morgan fingerprint density at radius 2 is 1.76 bits per heavy atom. The number of hydrogen-bond acceptors (Lipinski definition) is 4. The van der Waals surface area contributed by atoms with Crippen LogP contribution in [0.3, 0.4) is 0 Å². The van der Waals surface area contributed by atoms with Crippen molar-refractivity contribution in [3.8, 4) is 11.1 Å². The van der Waals surface area contributed by atoms with E-state index in [1.165, 1.54) is 6.33 Å². The van der Waals surface area contributed by atoms with E-state index >= 15 is 0 Å². The molecule has 3 rings (SSSR count). The molecule has 0 atom stereocenters. The molecule has 3 aromatic rings. The molecule has 2 aromatic heterocycles. The van der Waals surface area contributed by atoms with Crippen LogP contribution >= 0.6 is 0 Å². The first-order valence-electron chi connectivity index (χ1n) is 5.19. The number of hydrogen-bond donors (Lipinski definition) is 3. The summed E-state index contributed by atoms with van der Waals surface area (Å²) in [6.45, 7) is 0. The first-order valence-corrected chi connectivity index (χ1v) is 5.19. The van der Waals surface area contributed by atoms with E-state index in [1.807, 2.05) is 30.5 Å². The van der Waals surface area contributed by atoms with Gasteiger partial charge in [-0.2, -0.15) is 0 Å². The summed E-state index contributed by atoms with van der Waals surface area (Å²) in [5.41, 5.74) is 15.0. The largest absolute Gasteiger partial charge is 0.399 e. The Morgan fingerprint density at radius 3 is 2.53 bits per heavy atom. The van der Waals surface area contributed by atoms with Crippen molar-refractivity contribution in [3.05, 3.63) is 36.8 Å². The molecule has 0 amide bonds. The van der Waals surface area contributed by atoms with Gasteiger partial charge in [0.1, 0.15) is 17.8 Å². The summed E-state index contributed by atoms with van der Waals surface area (Å²) in [7, 11) is 0. The molecule has 1 aromatic carbocycles. The van der Waals surface area contributed by atoms with Crippen LogP contribution in [-0.2, 0) is 0 Å². The molecule has 0 bridgehead atoms. The highest BCUT2D eigenvalue weighted by Gasteiger charge is 2.10. The molecule has 5 heteroatoms. The number of nitrogen functional groups attached to an aromatic ring is 2. The van der Waals surface area contributed by atoms with Crippen LogP contribution in [0, 0.1) is 0 Å². The van der Waals surface area contributed by atoms with Crippen molar-refractivity contribution in [1.29, 1.82) is 0 Å². The summed E-state index contributed by atoms with van der Waals surface area (Å²) in [6.07, 6.45) is 3.32. The molecule has 5 nitrogen and oxygen atoms in total. The lowest BCUT2D eigenvalue weighted by Gasteiger charge is -2.01. The molecule has 0 fully saturated rings. The Labute approximate surface area is 97.5 Å². The average molecular weight is 225 g/mol. The number of nitrogens with zero attached hydrogens (tertiary/aromatic N) is 2. The van der Waals surface area contributed by atoms with Gasteiger partial charge in [0.15, 0.2) is 0 Å². The molecule has 0 spiro atoms. The number of benzene rings is 1. The SMILES string of the molecule is Nc1ccc(-c2c[nH]c3ncnc(N)c23)cc1. The number of fused-ring (bicyclic) bond motifs is 1. The summed E-state index contributed by atoms with van der Waals surface area (Å²) in [4.78, 5) is 11.2. The highest BCUT2D eigenvalue weighted by atomic mass is 15.0. The molecular weight excluding hydrogens is 214 g/mol. The van der Waals surface area contributed by atoms with E-state index in [0.717, 1.165) is 27.8 Å². The lowest BCUT2D eigenvalue weighted by atomic mass is 10.1. The van der Waals surface area contributed by atoms with Gasteiger partial charge in [0.25, 0.3) is 0 Å². The lowest BCUT2D eigenvalue weighted by molar-refractivity contribution is 1.21. The smallest absolute Gasteiger partial charge is 0.143 e. The van der Waals surface area contributed by atoms with E-state index in [1.54, 1.807) is 0 Å². The third-order valence-corrected chi connectivity index (χ3v) is 2.72. The Morgan fingerprint density at radius 1 is 1.00 bits per heavy atom. The van der Waals surface area contributed by atoms with Crippen LogP contribution < -0.4 is 11.5 Å². The van der Waals surface area contributed by atoms with Crippen LogP contribution in [-0.4, -0.2) is 15.0 Å². The molecule has 84 valence electrons. The molecule has 2 heterocycles. The van der Waals surface area contributed by atoms with Gasteiger partial charge >= 0.3 is 0 Å². The van der Waals surface area contributed by atoms with Crippen molar-refractivity contribution in [2.24, 2.45) is 0 Å². The quantitative estimate of drug-likeness (QED) is 0.550. The predicted octanol–water partition coefficient (Wildman–Crippen LogP) is 1.79.